The maximum atomic E-state index is 9.79. The summed E-state index contributed by atoms with van der Waals surface area (Å²) in [6.45, 7) is 9.86. The van der Waals surface area contributed by atoms with Gasteiger partial charge >= 0.3 is 0 Å². The Bertz CT molecular complexity index is 1090. The van der Waals surface area contributed by atoms with Crippen molar-refractivity contribution in [2.24, 2.45) is 0 Å². The van der Waals surface area contributed by atoms with Gasteiger partial charge in [-0.2, -0.15) is 15.8 Å². The highest BCUT2D eigenvalue weighted by molar-refractivity contribution is 5.73. The summed E-state index contributed by atoms with van der Waals surface area (Å²) in [7, 11) is 3.24. The molecule has 1 heterocycles. The molecule has 0 saturated heterocycles. The van der Waals surface area contributed by atoms with Crippen LogP contribution in [0.5, 0.6) is 11.5 Å². The Kier molecular flexibility index (Phi) is 9.80. The van der Waals surface area contributed by atoms with E-state index in [9.17, 15) is 15.8 Å². The predicted octanol–water partition coefficient (Wildman–Crippen LogP) is 6.05. The highest BCUT2D eigenvalue weighted by Crippen LogP contribution is 2.42. The maximum Gasteiger partial charge on any atom is 0.172 e. The van der Waals surface area contributed by atoms with Crippen LogP contribution in [-0.4, -0.2) is 32.9 Å². The first-order valence-electron chi connectivity index (χ1n) is 11.9. The van der Waals surface area contributed by atoms with Gasteiger partial charge in [0.05, 0.1) is 19.8 Å². The fraction of sp³-hybridized carbons (Fsp3) is 0.464. The van der Waals surface area contributed by atoms with E-state index >= 15 is 0 Å². The zero-order valence-corrected chi connectivity index (χ0v) is 21.6. The number of nitrogens with zero attached hydrogens (tertiary/aromatic N) is 4. The lowest BCUT2D eigenvalue weighted by atomic mass is 9.94. The Morgan fingerprint density at radius 1 is 0.971 bits per heavy atom. The standard InChI is InChI=1S/C28H34N4O3/c1-7-9-13-32(14-10-8-2)21-15-25(33-5)22(26(16-21)34-6)11-12-24-23(19-31)27(20(17-29)18-30)35-28(24,3)4/h11-12,15-16H,7-10,13-14H2,1-6H3/b12-11+. The molecule has 1 aromatic rings. The van der Waals surface area contributed by atoms with Crippen molar-refractivity contribution in [2.75, 3.05) is 32.2 Å². The van der Waals surface area contributed by atoms with Gasteiger partial charge in [-0.25, -0.2) is 0 Å². The summed E-state index contributed by atoms with van der Waals surface area (Å²) in [6.07, 6.45) is 8.01. The molecule has 0 aliphatic carbocycles. The lowest BCUT2D eigenvalue weighted by molar-refractivity contribution is 0.0954. The first-order valence-corrected chi connectivity index (χ1v) is 11.9. The minimum Gasteiger partial charge on any atom is -0.496 e. The molecule has 0 amide bonds. The number of rotatable bonds is 11. The van der Waals surface area contributed by atoms with E-state index in [1.165, 1.54) is 0 Å². The Labute approximate surface area is 209 Å². The molecule has 184 valence electrons. The summed E-state index contributed by atoms with van der Waals surface area (Å²) < 4.78 is 17.3. The second-order valence-electron chi connectivity index (χ2n) is 8.73. The van der Waals surface area contributed by atoms with E-state index in [0.717, 1.165) is 50.0 Å². The zero-order chi connectivity index (χ0) is 26.0. The van der Waals surface area contributed by atoms with Crippen LogP contribution in [0.3, 0.4) is 0 Å². The lowest BCUT2D eigenvalue weighted by Gasteiger charge is -2.26. The van der Waals surface area contributed by atoms with Gasteiger partial charge in [-0.1, -0.05) is 32.8 Å². The highest BCUT2D eigenvalue weighted by atomic mass is 16.5. The van der Waals surface area contributed by atoms with Gasteiger partial charge in [-0.05, 0) is 32.8 Å². The Morgan fingerprint density at radius 3 is 1.94 bits per heavy atom. The van der Waals surface area contributed by atoms with Crippen LogP contribution in [0, 0.1) is 34.0 Å². The van der Waals surface area contributed by atoms with Crippen LogP contribution in [0.2, 0.25) is 0 Å². The van der Waals surface area contributed by atoms with Crippen LogP contribution in [0.15, 0.2) is 40.7 Å². The van der Waals surface area contributed by atoms with Crippen molar-refractivity contribution in [3.63, 3.8) is 0 Å². The molecule has 1 aromatic carbocycles. The second kappa shape index (κ2) is 12.5. The molecule has 0 atom stereocenters. The molecule has 0 bridgehead atoms. The predicted molar refractivity (Wildman–Crippen MR) is 137 cm³/mol. The van der Waals surface area contributed by atoms with Crippen LogP contribution in [0.4, 0.5) is 5.69 Å². The number of nitriles is 3. The smallest absolute Gasteiger partial charge is 0.172 e. The molecule has 1 aliphatic heterocycles. The fourth-order valence-corrected chi connectivity index (χ4v) is 3.99. The summed E-state index contributed by atoms with van der Waals surface area (Å²) in [5.41, 5.74) is 1.38. The van der Waals surface area contributed by atoms with Crippen molar-refractivity contribution in [3.8, 4) is 29.7 Å². The number of methoxy groups -OCH3 is 2. The van der Waals surface area contributed by atoms with Crippen LogP contribution in [0.1, 0.15) is 58.9 Å². The minimum absolute atomic E-state index is 0.0129. The number of hydrogen-bond donors (Lipinski definition) is 0. The molecule has 0 N–H and O–H groups in total. The number of anilines is 1. The first kappa shape index (κ1) is 27.4. The van der Waals surface area contributed by atoms with E-state index in [1.54, 1.807) is 34.1 Å². The topological polar surface area (TPSA) is 102 Å². The molecular weight excluding hydrogens is 440 g/mol. The molecule has 35 heavy (non-hydrogen) atoms. The van der Waals surface area contributed by atoms with E-state index in [2.05, 4.69) is 24.8 Å². The largest absolute Gasteiger partial charge is 0.496 e. The van der Waals surface area contributed by atoms with E-state index < -0.39 is 5.60 Å². The van der Waals surface area contributed by atoms with E-state index in [4.69, 9.17) is 14.2 Å². The minimum atomic E-state index is -0.895. The van der Waals surface area contributed by atoms with Crippen molar-refractivity contribution in [2.45, 2.75) is 59.0 Å². The summed E-state index contributed by atoms with van der Waals surface area (Å²) >= 11 is 0. The number of unbranched alkanes of at least 4 members (excludes halogenated alkanes) is 2. The molecule has 0 radical (unpaired) electrons. The molecule has 0 unspecified atom stereocenters. The molecule has 0 aromatic heterocycles. The number of benzene rings is 1. The van der Waals surface area contributed by atoms with Crippen molar-refractivity contribution >= 4 is 11.8 Å². The van der Waals surface area contributed by atoms with Gasteiger partial charge in [0.2, 0.25) is 0 Å². The molecule has 7 nitrogen and oxygen atoms in total. The maximum absolute atomic E-state index is 9.79. The first-order chi connectivity index (χ1) is 16.8. The third kappa shape index (κ3) is 6.17. The monoisotopic (exact) mass is 474 g/mol. The third-order valence-corrected chi connectivity index (χ3v) is 5.94. The molecule has 1 aliphatic rings. The van der Waals surface area contributed by atoms with Gasteiger partial charge in [-0.3, -0.25) is 0 Å². The van der Waals surface area contributed by atoms with E-state index in [-0.39, 0.29) is 16.9 Å². The van der Waals surface area contributed by atoms with Crippen LogP contribution < -0.4 is 14.4 Å². The molecule has 0 fully saturated rings. The van der Waals surface area contributed by atoms with Crippen LogP contribution in [0.25, 0.3) is 6.08 Å². The van der Waals surface area contributed by atoms with Crippen molar-refractivity contribution in [1.29, 1.82) is 15.8 Å². The molecular formula is C28H34N4O3. The van der Waals surface area contributed by atoms with Gasteiger partial charge < -0.3 is 19.1 Å². The van der Waals surface area contributed by atoms with Gasteiger partial charge in [0.15, 0.2) is 11.3 Å². The van der Waals surface area contributed by atoms with E-state index in [0.29, 0.717) is 17.1 Å². The summed E-state index contributed by atoms with van der Waals surface area (Å²) in [5, 5.41) is 28.4. The lowest BCUT2D eigenvalue weighted by Crippen LogP contribution is -2.25. The van der Waals surface area contributed by atoms with Crippen molar-refractivity contribution in [1.82, 2.24) is 0 Å². The van der Waals surface area contributed by atoms with Crippen LogP contribution >= 0.6 is 0 Å². The molecule has 0 spiro atoms. The SMILES string of the molecule is CCCCN(CCCC)c1cc(OC)c(/C=C/C2=C(C#N)C(=C(C#N)C#N)OC2(C)C)c(OC)c1. The average molecular weight is 475 g/mol. The zero-order valence-electron chi connectivity index (χ0n) is 21.6. The highest BCUT2D eigenvalue weighted by Gasteiger charge is 2.38. The normalized spacial score (nSPS) is 14.2. The Balaban J connectivity index is 2.60. The van der Waals surface area contributed by atoms with Gasteiger partial charge in [0.1, 0.15) is 40.9 Å². The number of hydrogen-bond acceptors (Lipinski definition) is 7. The number of ether oxygens (including phenoxy) is 3. The molecule has 0 saturated carbocycles. The summed E-state index contributed by atoms with van der Waals surface area (Å²) in [6, 6.07) is 9.75. The fourth-order valence-electron chi connectivity index (χ4n) is 3.99. The quantitative estimate of drug-likeness (QED) is 0.359. The van der Waals surface area contributed by atoms with Crippen molar-refractivity contribution < 1.29 is 14.2 Å². The Hall–Kier alpha value is -3.89. The van der Waals surface area contributed by atoms with Crippen LogP contribution in [-0.2, 0) is 4.74 Å². The third-order valence-electron chi connectivity index (χ3n) is 5.94. The van der Waals surface area contributed by atoms with E-state index in [1.807, 2.05) is 30.3 Å². The van der Waals surface area contributed by atoms with Gasteiger partial charge in [0, 0.05) is 36.5 Å². The molecule has 7 heteroatoms. The summed E-state index contributed by atoms with van der Waals surface area (Å²) in [4.78, 5) is 2.36. The molecule has 2 rings (SSSR count). The summed E-state index contributed by atoms with van der Waals surface area (Å²) in [5.74, 6) is 1.31. The van der Waals surface area contributed by atoms with Crippen molar-refractivity contribution in [3.05, 3.63) is 46.3 Å². The Morgan fingerprint density at radius 2 is 1.51 bits per heavy atom. The average Bonchev–Trinajstić information content (AvgIpc) is 3.12. The second-order valence-corrected chi connectivity index (χ2v) is 8.73. The number of allylic oxidation sites excluding steroid dienone is 2. The van der Waals surface area contributed by atoms with Gasteiger partial charge in [0.25, 0.3) is 0 Å². The van der Waals surface area contributed by atoms with Gasteiger partial charge in [-0.15, -0.1) is 0 Å².